The monoisotopic (exact) mass is 296 g/mol. The molecule has 0 spiro atoms. The second kappa shape index (κ2) is 5.83. The van der Waals surface area contributed by atoms with E-state index in [1.807, 2.05) is 24.4 Å². The first-order chi connectivity index (χ1) is 9.49. The number of carbonyl (C=O) groups excluding carboxylic acids is 1. The quantitative estimate of drug-likeness (QED) is 0.897. The molecule has 0 aromatic carbocycles. The second-order valence-electron chi connectivity index (χ2n) is 5.26. The van der Waals surface area contributed by atoms with Crippen LogP contribution in [0.2, 0.25) is 0 Å². The van der Waals surface area contributed by atoms with E-state index < -0.39 is 11.5 Å². The van der Waals surface area contributed by atoms with Crippen LogP contribution in [-0.2, 0) is 4.79 Å². The van der Waals surface area contributed by atoms with Crippen LogP contribution in [0.1, 0.15) is 44.0 Å². The number of nitrogens with zero attached hydrogens (tertiary/aromatic N) is 1. The summed E-state index contributed by atoms with van der Waals surface area (Å²) in [5.74, 6) is -0.936. The Balaban J connectivity index is 2.09. The number of hydrogen-bond donors (Lipinski definition) is 2. The van der Waals surface area contributed by atoms with Crippen molar-refractivity contribution in [2.45, 2.75) is 44.7 Å². The fraction of sp³-hybridized carbons (Fsp3) is 0.571. The van der Waals surface area contributed by atoms with Gasteiger partial charge in [-0.15, -0.1) is 11.3 Å². The van der Waals surface area contributed by atoms with Gasteiger partial charge in [0.15, 0.2) is 0 Å². The van der Waals surface area contributed by atoms with Crippen molar-refractivity contribution in [3.8, 4) is 0 Å². The van der Waals surface area contributed by atoms with Crippen molar-refractivity contribution in [1.82, 2.24) is 10.2 Å². The van der Waals surface area contributed by atoms with Crippen LogP contribution >= 0.6 is 11.3 Å². The number of likely N-dealkylation sites (tertiary alicyclic amines) is 1. The fourth-order valence-electron chi connectivity index (χ4n) is 2.60. The molecule has 6 heteroatoms. The number of carboxylic acid groups (broad SMARTS) is 1. The zero-order chi connectivity index (χ0) is 14.8. The van der Waals surface area contributed by atoms with Gasteiger partial charge in [-0.2, -0.15) is 0 Å². The number of carboxylic acids is 1. The smallest absolute Gasteiger partial charge is 0.329 e. The number of nitrogens with one attached hydrogen (secondary N) is 1. The first-order valence-corrected chi connectivity index (χ1v) is 7.72. The van der Waals surface area contributed by atoms with Crippen LogP contribution in [0.25, 0.3) is 0 Å². The molecule has 1 aliphatic heterocycles. The molecule has 1 aliphatic rings. The van der Waals surface area contributed by atoms with E-state index in [4.69, 9.17) is 0 Å². The Labute approximate surface area is 122 Å². The van der Waals surface area contributed by atoms with Gasteiger partial charge in [-0.25, -0.2) is 9.59 Å². The summed E-state index contributed by atoms with van der Waals surface area (Å²) >= 11 is 1.60. The maximum atomic E-state index is 12.4. The summed E-state index contributed by atoms with van der Waals surface area (Å²) < 4.78 is 0. The first-order valence-electron chi connectivity index (χ1n) is 6.84. The third-order valence-corrected chi connectivity index (χ3v) is 4.93. The van der Waals surface area contributed by atoms with Gasteiger partial charge < -0.3 is 15.3 Å². The molecule has 2 unspecified atom stereocenters. The number of amides is 2. The minimum absolute atomic E-state index is 0.0545. The number of thiophene rings is 1. The largest absolute Gasteiger partial charge is 0.480 e. The van der Waals surface area contributed by atoms with E-state index in [2.05, 4.69) is 5.32 Å². The lowest BCUT2D eigenvalue weighted by Gasteiger charge is -2.32. The third kappa shape index (κ3) is 2.65. The van der Waals surface area contributed by atoms with Crippen LogP contribution in [0.4, 0.5) is 4.79 Å². The van der Waals surface area contributed by atoms with Crippen LogP contribution in [-0.4, -0.2) is 34.1 Å². The Morgan fingerprint density at radius 2 is 2.35 bits per heavy atom. The van der Waals surface area contributed by atoms with E-state index in [-0.39, 0.29) is 12.1 Å². The standard InChI is InChI=1S/C14H20N2O3S/c1-3-10(11-6-4-9-20-11)15-13(19)16-8-5-7-14(16,2)12(17)18/h4,6,9-10H,3,5,7-8H2,1-2H3,(H,15,19)(H,17,18). The highest BCUT2D eigenvalue weighted by atomic mass is 32.1. The Morgan fingerprint density at radius 3 is 2.90 bits per heavy atom. The average molecular weight is 296 g/mol. The number of aliphatic carboxylic acids is 1. The first kappa shape index (κ1) is 14.8. The summed E-state index contributed by atoms with van der Waals surface area (Å²) in [5, 5.41) is 14.3. The molecule has 0 bridgehead atoms. The zero-order valence-electron chi connectivity index (χ0n) is 11.8. The highest BCUT2D eigenvalue weighted by Gasteiger charge is 2.46. The van der Waals surface area contributed by atoms with Gasteiger partial charge >= 0.3 is 12.0 Å². The molecule has 0 saturated carbocycles. The van der Waals surface area contributed by atoms with Crippen LogP contribution in [0, 0.1) is 0 Å². The number of rotatable bonds is 4. The van der Waals surface area contributed by atoms with Crippen molar-refractivity contribution in [3.63, 3.8) is 0 Å². The maximum absolute atomic E-state index is 12.4. The predicted molar refractivity (Wildman–Crippen MR) is 77.9 cm³/mol. The molecule has 20 heavy (non-hydrogen) atoms. The molecule has 2 amide bonds. The molecule has 0 radical (unpaired) electrons. The summed E-state index contributed by atoms with van der Waals surface area (Å²) in [6, 6.07) is 3.60. The van der Waals surface area contributed by atoms with E-state index in [9.17, 15) is 14.7 Å². The lowest BCUT2D eigenvalue weighted by molar-refractivity contribution is -0.147. The molecular formula is C14H20N2O3S. The third-order valence-electron chi connectivity index (χ3n) is 3.94. The summed E-state index contributed by atoms with van der Waals surface area (Å²) in [6.45, 7) is 4.12. The molecule has 0 aliphatic carbocycles. The van der Waals surface area contributed by atoms with Crippen LogP contribution in [0.15, 0.2) is 17.5 Å². The second-order valence-corrected chi connectivity index (χ2v) is 6.24. The topological polar surface area (TPSA) is 69.6 Å². The van der Waals surface area contributed by atoms with Crippen molar-refractivity contribution in [3.05, 3.63) is 22.4 Å². The van der Waals surface area contributed by atoms with Gasteiger partial charge in [0.1, 0.15) is 5.54 Å². The highest BCUT2D eigenvalue weighted by molar-refractivity contribution is 7.10. The van der Waals surface area contributed by atoms with E-state index in [0.717, 1.165) is 17.7 Å². The molecule has 110 valence electrons. The van der Waals surface area contributed by atoms with Gasteiger partial charge in [0.2, 0.25) is 0 Å². The van der Waals surface area contributed by atoms with Crippen LogP contribution < -0.4 is 5.32 Å². The summed E-state index contributed by atoms with van der Waals surface area (Å²) in [5.41, 5.74) is -1.09. The Kier molecular flexibility index (Phi) is 4.32. The van der Waals surface area contributed by atoms with Crippen LogP contribution in [0.5, 0.6) is 0 Å². The zero-order valence-corrected chi connectivity index (χ0v) is 12.6. The number of urea groups is 1. The normalized spacial score (nSPS) is 23.6. The van der Waals surface area contributed by atoms with Crippen molar-refractivity contribution in [2.75, 3.05) is 6.54 Å². The Bertz CT molecular complexity index is 489. The molecule has 1 saturated heterocycles. The minimum atomic E-state index is -1.09. The van der Waals surface area contributed by atoms with Gasteiger partial charge in [-0.05, 0) is 37.6 Å². The van der Waals surface area contributed by atoms with E-state index in [1.165, 1.54) is 4.90 Å². The molecule has 2 heterocycles. The molecule has 1 aromatic rings. The highest BCUT2D eigenvalue weighted by Crippen LogP contribution is 2.30. The van der Waals surface area contributed by atoms with Crippen molar-refractivity contribution in [2.24, 2.45) is 0 Å². The molecule has 2 rings (SSSR count). The molecule has 1 fully saturated rings. The maximum Gasteiger partial charge on any atom is 0.329 e. The number of hydrogen-bond acceptors (Lipinski definition) is 3. The van der Waals surface area contributed by atoms with E-state index >= 15 is 0 Å². The minimum Gasteiger partial charge on any atom is -0.480 e. The molecule has 2 N–H and O–H groups in total. The van der Waals surface area contributed by atoms with E-state index in [0.29, 0.717) is 13.0 Å². The fourth-order valence-corrected chi connectivity index (χ4v) is 3.46. The van der Waals surface area contributed by atoms with Gasteiger partial charge in [-0.1, -0.05) is 13.0 Å². The van der Waals surface area contributed by atoms with Crippen molar-refractivity contribution >= 4 is 23.3 Å². The Morgan fingerprint density at radius 1 is 1.60 bits per heavy atom. The van der Waals surface area contributed by atoms with Gasteiger partial charge in [0.25, 0.3) is 0 Å². The van der Waals surface area contributed by atoms with E-state index in [1.54, 1.807) is 18.3 Å². The average Bonchev–Trinajstić information content (AvgIpc) is 3.05. The van der Waals surface area contributed by atoms with Gasteiger partial charge in [0.05, 0.1) is 6.04 Å². The summed E-state index contributed by atoms with van der Waals surface area (Å²) in [6.07, 6.45) is 2.02. The lowest BCUT2D eigenvalue weighted by Crippen LogP contribution is -2.54. The molecule has 5 nitrogen and oxygen atoms in total. The van der Waals surface area contributed by atoms with Crippen molar-refractivity contribution in [1.29, 1.82) is 0 Å². The van der Waals surface area contributed by atoms with Crippen LogP contribution in [0.3, 0.4) is 0 Å². The van der Waals surface area contributed by atoms with Crippen molar-refractivity contribution < 1.29 is 14.7 Å². The molecular weight excluding hydrogens is 276 g/mol. The Hall–Kier alpha value is -1.56. The summed E-state index contributed by atoms with van der Waals surface area (Å²) in [7, 11) is 0. The lowest BCUT2D eigenvalue weighted by atomic mass is 10.00. The molecule has 2 atom stereocenters. The predicted octanol–water partition coefficient (Wildman–Crippen LogP) is 2.85. The summed E-state index contributed by atoms with van der Waals surface area (Å²) in [4.78, 5) is 26.3. The molecule has 1 aromatic heterocycles. The number of carbonyl (C=O) groups is 2. The SMILES string of the molecule is CCC(NC(=O)N1CCCC1(C)C(=O)O)c1cccs1. The van der Waals surface area contributed by atoms with Gasteiger partial charge in [-0.3, -0.25) is 0 Å². The van der Waals surface area contributed by atoms with Gasteiger partial charge in [0, 0.05) is 11.4 Å².